The summed E-state index contributed by atoms with van der Waals surface area (Å²) in [6, 6.07) is 0. The molecule has 0 aromatic heterocycles. The Morgan fingerprint density at radius 2 is 1.25 bits per heavy atom. The van der Waals surface area contributed by atoms with Crippen LogP contribution >= 0.6 is 23.2 Å². The molecule has 0 rings (SSSR count). The van der Waals surface area contributed by atoms with Gasteiger partial charge < -0.3 is 23.2 Å². The molecule has 0 unspecified atom stereocenters. The summed E-state index contributed by atoms with van der Waals surface area (Å²) in [5, 5.41) is 0.944. The molecule has 0 heterocycles. The molecule has 3 heteroatoms. The van der Waals surface area contributed by atoms with E-state index in [1.54, 1.807) is 0 Å². The fourth-order valence-electron chi connectivity index (χ4n) is 0. The predicted molar refractivity (Wildman–Crippen MR) is 16.0 cm³/mol. The minimum absolute atomic E-state index is 0. The van der Waals surface area contributed by atoms with E-state index in [1.165, 1.54) is 0 Å². The zero-order valence-electron chi connectivity index (χ0n) is 2.33. The molecule has 0 nitrogen and oxygen atoms in total. The van der Waals surface area contributed by atoms with E-state index in [4.69, 9.17) is 0 Å². The molecule has 0 saturated carbocycles. The standard InChI is InChI=1S/CHCl2.Li/c2-1-3;/h1H;/q-1;+1. The van der Waals surface area contributed by atoms with Crippen LogP contribution in [0.4, 0.5) is 0 Å². The Hall–Kier alpha value is 1.18. The minimum Gasteiger partial charge on any atom is -0.333 e. The SMILES string of the molecule is Cl[CH-]Cl.[Li+]. The molecular weight excluding hydrogens is 89.9 g/mol. The molecule has 0 aliphatic rings. The fourth-order valence-corrected chi connectivity index (χ4v) is 0. The van der Waals surface area contributed by atoms with E-state index >= 15 is 0 Å². The molecule has 20 valence electrons. The summed E-state index contributed by atoms with van der Waals surface area (Å²) in [4.78, 5) is 0. The average molecular weight is 90.9 g/mol. The summed E-state index contributed by atoms with van der Waals surface area (Å²) in [5.74, 6) is 0. The maximum absolute atomic E-state index is 4.64. The fraction of sp³-hybridized carbons (Fsp3) is 0. The summed E-state index contributed by atoms with van der Waals surface area (Å²) in [6.07, 6.45) is 0. The summed E-state index contributed by atoms with van der Waals surface area (Å²) < 4.78 is 0. The van der Waals surface area contributed by atoms with Crippen molar-refractivity contribution in [3.05, 3.63) is 5.34 Å². The summed E-state index contributed by atoms with van der Waals surface area (Å²) in [5.41, 5.74) is 0. The molecule has 0 saturated heterocycles. The molecule has 0 amide bonds. The second-order valence-electron chi connectivity index (χ2n) is 0.0825. The van der Waals surface area contributed by atoms with Crippen molar-refractivity contribution in [1.29, 1.82) is 0 Å². The van der Waals surface area contributed by atoms with E-state index in [9.17, 15) is 0 Å². The van der Waals surface area contributed by atoms with E-state index in [1.807, 2.05) is 0 Å². The smallest absolute Gasteiger partial charge is 0.333 e. The molecule has 0 radical (unpaired) electrons. The first-order valence-corrected chi connectivity index (χ1v) is 1.31. The maximum atomic E-state index is 4.64. The van der Waals surface area contributed by atoms with Gasteiger partial charge in [0.2, 0.25) is 0 Å². The maximum Gasteiger partial charge on any atom is 1.00 e. The van der Waals surface area contributed by atoms with Gasteiger partial charge in [-0.3, -0.25) is 0 Å². The Morgan fingerprint density at radius 1 is 1.25 bits per heavy atom. The normalized spacial score (nSPS) is 4.50. The van der Waals surface area contributed by atoms with Gasteiger partial charge in [0.25, 0.3) is 0 Å². The van der Waals surface area contributed by atoms with Crippen molar-refractivity contribution in [1.82, 2.24) is 0 Å². The zero-order chi connectivity index (χ0) is 2.71. The van der Waals surface area contributed by atoms with Crippen molar-refractivity contribution in [3.8, 4) is 0 Å². The Morgan fingerprint density at radius 3 is 1.25 bits per heavy atom. The van der Waals surface area contributed by atoms with Crippen LogP contribution in [0.25, 0.3) is 0 Å². The number of halogens is 2. The molecule has 0 aromatic rings. The Balaban J connectivity index is 0. The van der Waals surface area contributed by atoms with Crippen LogP contribution in [0, 0.1) is 5.34 Å². The predicted octanol–water partition coefficient (Wildman–Crippen LogP) is -1.41. The number of hydrogen-bond donors (Lipinski definition) is 0. The van der Waals surface area contributed by atoms with Crippen LogP contribution in [0.3, 0.4) is 0 Å². The second kappa shape index (κ2) is 8.90. The van der Waals surface area contributed by atoms with Gasteiger partial charge in [-0.2, -0.15) is 5.34 Å². The van der Waals surface area contributed by atoms with Gasteiger partial charge in [0.15, 0.2) is 0 Å². The van der Waals surface area contributed by atoms with Gasteiger partial charge in [0, 0.05) is 0 Å². The van der Waals surface area contributed by atoms with Gasteiger partial charge >= 0.3 is 18.9 Å². The van der Waals surface area contributed by atoms with Crippen molar-refractivity contribution in [2.45, 2.75) is 0 Å². The molecule has 4 heavy (non-hydrogen) atoms. The largest absolute Gasteiger partial charge is 1.00 e. The first-order valence-electron chi connectivity index (χ1n) is 0.436. The minimum atomic E-state index is 0. The number of hydrogen-bond acceptors (Lipinski definition) is 0. The third-order valence-corrected chi connectivity index (χ3v) is 0. The molecule has 0 fully saturated rings. The molecule has 0 aliphatic carbocycles. The quantitative estimate of drug-likeness (QED) is 0.253. The molecule has 0 atom stereocenters. The van der Waals surface area contributed by atoms with Gasteiger partial charge in [-0.05, 0) is 0 Å². The third-order valence-electron chi connectivity index (χ3n) is 0. The molecule has 0 spiro atoms. The zero-order valence-corrected chi connectivity index (χ0v) is 3.85. The van der Waals surface area contributed by atoms with E-state index in [0.29, 0.717) is 0 Å². The van der Waals surface area contributed by atoms with Crippen LogP contribution in [0.2, 0.25) is 0 Å². The molecule has 0 aliphatic heterocycles. The van der Waals surface area contributed by atoms with Crippen LogP contribution in [0.15, 0.2) is 0 Å². The van der Waals surface area contributed by atoms with Crippen LogP contribution in [0.5, 0.6) is 0 Å². The number of rotatable bonds is 0. The molecular formula is CHCl2Li. The van der Waals surface area contributed by atoms with Gasteiger partial charge in [0.1, 0.15) is 0 Å². The van der Waals surface area contributed by atoms with Gasteiger partial charge in [-0.15, -0.1) is 0 Å². The van der Waals surface area contributed by atoms with Gasteiger partial charge in [-0.1, -0.05) is 0 Å². The van der Waals surface area contributed by atoms with Crippen molar-refractivity contribution >= 4 is 23.2 Å². The van der Waals surface area contributed by atoms with Gasteiger partial charge in [0.05, 0.1) is 0 Å². The molecule has 0 aromatic carbocycles. The summed E-state index contributed by atoms with van der Waals surface area (Å²) in [6.45, 7) is 0. The Kier molecular flexibility index (Phi) is 19.9. The van der Waals surface area contributed by atoms with Crippen LogP contribution in [-0.2, 0) is 0 Å². The van der Waals surface area contributed by atoms with Crippen molar-refractivity contribution in [3.63, 3.8) is 0 Å². The topological polar surface area (TPSA) is 0 Å². The van der Waals surface area contributed by atoms with Crippen molar-refractivity contribution in [2.75, 3.05) is 0 Å². The van der Waals surface area contributed by atoms with E-state index in [0.717, 1.165) is 5.34 Å². The first kappa shape index (κ1) is 8.95. The summed E-state index contributed by atoms with van der Waals surface area (Å²) >= 11 is 9.28. The van der Waals surface area contributed by atoms with Crippen LogP contribution in [-0.4, -0.2) is 0 Å². The average Bonchev–Trinajstić information content (AvgIpc) is 0.918. The van der Waals surface area contributed by atoms with Crippen LogP contribution in [0.1, 0.15) is 0 Å². The van der Waals surface area contributed by atoms with Crippen LogP contribution < -0.4 is 18.9 Å². The Bertz CT molecular complexity index is 6.00. The summed E-state index contributed by atoms with van der Waals surface area (Å²) in [7, 11) is 0. The van der Waals surface area contributed by atoms with E-state index < -0.39 is 0 Å². The monoisotopic (exact) mass is 90.0 g/mol. The Labute approximate surface area is 47.6 Å². The third kappa shape index (κ3) is 10.9. The van der Waals surface area contributed by atoms with E-state index in [-0.39, 0.29) is 18.9 Å². The molecule has 0 bridgehead atoms. The molecule has 0 N–H and O–H groups in total. The van der Waals surface area contributed by atoms with Gasteiger partial charge in [-0.25, -0.2) is 0 Å². The second-order valence-corrected chi connectivity index (χ2v) is 0.742. The van der Waals surface area contributed by atoms with Crippen molar-refractivity contribution < 1.29 is 18.9 Å². The van der Waals surface area contributed by atoms with E-state index in [2.05, 4.69) is 23.2 Å². The first-order chi connectivity index (χ1) is 1.41. The van der Waals surface area contributed by atoms with Crippen molar-refractivity contribution in [2.24, 2.45) is 0 Å².